The second-order valence-electron chi connectivity index (χ2n) is 6.49. The van der Waals surface area contributed by atoms with Gasteiger partial charge in [0.05, 0.1) is 26.5 Å². The molecule has 0 fully saturated rings. The van der Waals surface area contributed by atoms with Gasteiger partial charge in [-0.1, -0.05) is 30.3 Å². The fraction of sp³-hybridized carbons (Fsp3) is 0.217. The molecule has 0 bridgehead atoms. The summed E-state index contributed by atoms with van der Waals surface area (Å²) >= 11 is 0. The second-order valence-corrected chi connectivity index (χ2v) is 6.49. The zero-order valence-electron chi connectivity index (χ0n) is 16.7. The average Bonchev–Trinajstić information content (AvgIpc) is 2.75. The van der Waals surface area contributed by atoms with Crippen LogP contribution in [0.5, 0.6) is 17.2 Å². The van der Waals surface area contributed by atoms with Crippen LogP contribution < -0.4 is 19.6 Å². The molecule has 150 valence electrons. The summed E-state index contributed by atoms with van der Waals surface area (Å²) in [6, 6.07) is 16.0. The van der Waals surface area contributed by atoms with Crippen molar-refractivity contribution in [2.75, 3.05) is 14.2 Å². The van der Waals surface area contributed by atoms with Crippen LogP contribution in [0, 0.1) is 6.92 Å². The van der Waals surface area contributed by atoms with Crippen molar-refractivity contribution in [2.24, 2.45) is 0 Å². The summed E-state index contributed by atoms with van der Waals surface area (Å²) in [5.41, 5.74) is 1.84. The largest absolute Gasteiger partial charge is 0.493 e. The normalized spacial score (nSPS) is 10.4. The number of carbonyl (C=O) groups is 1. The predicted molar refractivity (Wildman–Crippen MR) is 110 cm³/mol. The Kier molecular flexibility index (Phi) is 6.34. The lowest BCUT2D eigenvalue weighted by molar-refractivity contribution is 0.0970. The van der Waals surface area contributed by atoms with E-state index in [2.05, 4.69) is 0 Å². The van der Waals surface area contributed by atoms with Crippen molar-refractivity contribution in [3.63, 3.8) is 0 Å². The van der Waals surface area contributed by atoms with E-state index in [0.29, 0.717) is 22.8 Å². The Morgan fingerprint density at radius 2 is 1.69 bits per heavy atom. The second kappa shape index (κ2) is 9.10. The van der Waals surface area contributed by atoms with Crippen LogP contribution in [0.3, 0.4) is 0 Å². The van der Waals surface area contributed by atoms with Gasteiger partial charge in [-0.25, -0.2) is 0 Å². The first-order valence-corrected chi connectivity index (χ1v) is 9.15. The van der Waals surface area contributed by atoms with Crippen molar-refractivity contribution >= 4 is 5.78 Å². The Labute approximate surface area is 169 Å². The molecule has 29 heavy (non-hydrogen) atoms. The molecule has 2 aromatic carbocycles. The predicted octanol–water partition coefficient (Wildman–Crippen LogP) is 3.64. The van der Waals surface area contributed by atoms with Crippen molar-refractivity contribution in [1.82, 2.24) is 4.57 Å². The van der Waals surface area contributed by atoms with Crippen LogP contribution >= 0.6 is 0 Å². The molecule has 1 heterocycles. The molecule has 0 atom stereocenters. The molecular formula is C23H23NO5. The quantitative estimate of drug-likeness (QED) is 0.547. The maximum absolute atomic E-state index is 12.8. The van der Waals surface area contributed by atoms with Crippen LogP contribution in [-0.2, 0) is 13.2 Å². The molecule has 0 N–H and O–H groups in total. The van der Waals surface area contributed by atoms with Crippen molar-refractivity contribution in [1.29, 1.82) is 0 Å². The Morgan fingerprint density at radius 1 is 0.966 bits per heavy atom. The molecule has 6 nitrogen and oxygen atoms in total. The summed E-state index contributed by atoms with van der Waals surface area (Å²) in [7, 11) is 3.06. The molecule has 3 aromatic rings. The van der Waals surface area contributed by atoms with Gasteiger partial charge in [0, 0.05) is 17.8 Å². The number of rotatable bonds is 8. The molecule has 0 aliphatic heterocycles. The van der Waals surface area contributed by atoms with Gasteiger partial charge in [0.1, 0.15) is 6.61 Å². The molecule has 3 rings (SSSR count). The van der Waals surface area contributed by atoms with Crippen LogP contribution in [0.1, 0.15) is 21.6 Å². The topological polar surface area (TPSA) is 66.8 Å². The van der Waals surface area contributed by atoms with E-state index in [9.17, 15) is 9.59 Å². The highest BCUT2D eigenvalue weighted by Gasteiger charge is 2.15. The van der Waals surface area contributed by atoms with E-state index in [1.807, 2.05) is 30.3 Å². The minimum Gasteiger partial charge on any atom is -0.493 e. The Morgan fingerprint density at radius 3 is 2.38 bits per heavy atom. The van der Waals surface area contributed by atoms with Crippen LogP contribution in [0.25, 0.3) is 0 Å². The Balaban J connectivity index is 1.80. The summed E-state index contributed by atoms with van der Waals surface area (Å²) in [6.45, 7) is 2.12. The van der Waals surface area contributed by atoms with Gasteiger partial charge in [-0.05, 0) is 30.7 Å². The minimum absolute atomic E-state index is 0.0727. The Hall–Kier alpha value is -3.54. The van der Waals surface area contributed by atoms with Gasteiger partial charge < -0.3 is 18.8 Å². The first-order valence-electron chi connectivity index (χ1n) is 9.15. The van der Waals surface area contributed by atoms with Gasteiger partial charge in [-0.15, -0.1) is 0 Å². The van der Waals surface area contributed by atoms with Gasteiger partial charge in [0.15, 0.2) is 23.0 Å². The standard InChI is InChI=1S/C23H23NO5/c1-16-23(29-15-17-7-5-4-6-8-17)19(25)11-12-24(16)14-20(26)18-9-10-21(27-2)22(13-18)28-3/h4-13H,14-15H2,1-3H3. The smallest absolute Gasteiger partial charge is 0.223 e. The molecule has 0 radical (unpaired) electrons. The van der Waals surface area contributed by atoms with E-state index in [0.717, 1.165) is 5.56 Å². The zero-order valence-corrected chi connectivity index (χ0v) is 16.7. The number of Topliss-reactive ketones (excluding diaryl/α,β-unsaturated/α-hetero) is 1. The fourth-order valence-electron chi connectivity index (χ4n) is 2.99. The average molecular weight is 393 g/mol. The third-order valence-electron chi connectivity index (χ3n) is 4.63. The fourth-order valence-corrected chi connectivity index (χ4v) is 2.99. The number of ether oxygens (including phenoxy) is 3. The van der Waals surface area contributed by atoms with E-state index >= 15 is 0 Å². The van der Waals surface area contributed by atoms with Crippen LogP contribution in [-0.4, -0.2) is 24.6 Å². The monoisotopic (exact) mass is 393 g/mol. The molecule has 6 heteroatoms. The molecule has 1 aromatic heterocycles. The van der Waals surface area contributed by atoms with Crippen molar-refractivity contribution < 1.29 is 19.0 Å². The summed E-state index contributed by atoms with van der Waals surface area (Å²) in [5, 5.41) is 0. The highest BCUT2D eigenvalue weighted by atomic mass is 16.5. The van der Waals surface area contributed by atoms with E-state index in [-0.39, 0.29) is 30.1 Å². The van der Waals surface area contributed by atoms with Crippen LogP contribution in [0.15, 0.2) is 65.6 Å². The van der Waals surface area contributed by atoms with Crippen molar-refractivity contribution in [3.05, 3.63) is 87.8 Å². The van der Waals surface area contributed by atoms with Gasteiger partial charge in [0.2, 0.25) is 5.43 Å². The van der Waals surface area contributed by atoms with Gasteiger partial charge in [-0.2, -0.15) is 0 Å². The molecule has 0 saturated heterocycles. The number of methoxy groups -OCH3 is 2. The van der Waals surface area contributed by atoms with Crippen molar-refractivity contribution in [2.45, 2.75) is 20.1 Å². The molecule has 0 saturated carbocycles. The number of hydrogen-bond acceptors (Lipinski definition) is 5. The number of nitrogens with zero attached hydrogens (tertiary/aromatic N) is 1. The summed E-state index contributed by atoms with van der Waals surface area (Å²) in [6.07, 6.45) is 1.60. The SMILES string of the molecule is COc1ccc(C(=O)Cn2ccc(=O)c(OCc3ccccc3)c2C)cc1OC. The number of pyridine rings is 1. The van der Waals surface area contributed by atoms with E-state index in [4.69, 9.17) is 14.2 Å². The number of ketones is 1. The molecule has 0 aliphatic rings. The maximum atomic E-state index is 12.8. The Bertz CT molecular complexity index is 1060. The molecule has 0 aliphatic carbocycles. The minimum atomic E-state index is -0.215. The number of benzene rings is 2. The lowest BCUT2D eigenvalue weighted by atomic mass is 10.1. The molecule has 0 spiro atoms. The van der Waals surface area contributed by atoms with Gasteiger partial charge in [0.25, 0.3) is 0 Å². The number of hydrogen-bond donors (Lipinski definition) is 0. The molecule has 0 amide bonds. The molecule has 0 unspecified atom stereocenters. The van der Waals surface area contributed by atoms with Gasteiger partial charge in [-0.3, -0.25) is 9.59 Å². The summed E-state index contributed by atoms with van der Waals surface area (Å²) < 4.78 is 17.9. The van der Waals surface area contributed by atoms with Crippen LogP contribution in [0.4, 0.5) is 0 Å². The first-order chi connectivity index (χ1) is 14.0. The zero-order chi connectivity index (χ0) is 20.8. The highest BCUT2D eigenvalue weighted by molar-refractivity contribution is 5.96. The van der Waals surface area contributed by atoms with Crippen molar-refractivity contribution in [3.8, 4) is 17.2 Å². The highest BCUT2D eigenvalue weighted by Crippen LogP contribution is 2.28. The number of aromatic nitrogens is 1. The lowest BCUT2D eigenvalue weighted by Crippen LogP contribution is -2.18. The molecular weight excluding hydrogens is 370 g/mol. The summed E-state index contributed by atoms with van der Waals surface area (Å²) in [4.78, 5) is 25.0. The summed E-state index contributed by atoms with van der Waals surface area (Å²) in [5.74, 6) is 1.17. The van der Waals surface area contributed by atoms with E-state index in [1.54, 1.807) is 43.0 Å². The third kappa shape index (κ3) is 4.66. The maximum Gasteiger partial charge on any atom is 0.223 e. The first kappa shape index (κ1) is 20.2. The van der Waals surface area contributed by atoms with E-state index < -0.39 is 0 Å². The van der Waals surface area contributed by atoms with Gasteiger partial charge >= 0.3 is 0 Å². The van der Waals surface area contributed by atoms with E-state index in [1.165, 1.54) is 13.2 Å². The third-order valence-corrected chi connectivity index (χ3v) is 4.63. The number of carbonyl (C=O) groups excluding carboxylic acids is 1. The van der Waals surface area contributed by atoms with Crippen LogP contribution in [0.2, 0.25) is 0 Å². The lowest BCUT2D eigenvalue weighted by Gasteiger charge is -2.15.